The topological polar surface area (TPSA) is 87.7 Å². The fraction of sp³-hybridized carbons (Fsp3) is 0.222. The van der Waals surface area contributed by atoms with Gasteiger partial charge in [-0.2, -0.15) is 5.10 Å². The second-order valence-corrected chi connectivity index (χ2v) is 6.85. The van der Waals surface area contributed by atoms with Gasteiger partial charge in [-0.25, -0.2) is 10.1 Å². The fourth-order valence-electron chi connectivity index (χ4n) is 2.99. The maximum Gasteiger partial charge on any atom is 0.277 e. The number of H-pyrrole nitrogens is 1. The van der Waals surface area contributed by atoms with E-state index >= 15 is 0 Å². The Balaban J connectivity index is 1.53. The number of aromatic amines is 1. The number of rotatable bonds is 3. The third-order valence-corrected chi connectivity index (χ3v) is 5.04. The maximum atomic E-state index is 12.1. The number of benzene rings is 1. The van der Waals surface area contributed by atoms with Crippen molar-refractivity contribution in [2.75, 3.05) is 5.32 Å². The Hall–Kier alpha value is -2.80. The van der Waals surface area contributed by atoms with Crippen LogP contribution in [0.2, 0.25) is 0 Å². The predicted octanol–water partition coefficient (Wildman–Crippen LogP) is 3.02. The van der Waals surface area contributed by atoms with Crippen molar-refractivity contribution >= 4 is 22.4 Å². The molecule has 1 aromatic carbocycles. The van der Waals surface area contributed by atoms with Gasteiger partial charge < -0.3 is 0 Å². The molecule has 0 atom stereocenters. The number of nitrogens with zero attached hydrogens (tertiary/aromatic N) is 2. The smallest absolute Gasteiger partial charge is 0.277 e. The Morgan fingerprint density at radius 1 is 1.12 bits per heavy atom. The van der Waals surface area contributed by atoms with Gasteiger partial charge in [-0.1, -0.05) is 12.1 Å². The van der Waals surface area contributed by atoms with Crippen LogP contribution >= 0.6 is 11.3 Å². The zero-order valence-electron chi connectivity index (χ0n) is 13.4. The van der Waals surface area contributed by atoms with Gasteiger partial charge in [0.05, 0.1) is 5.69 Å². The zero-order chi connectivity index (χ0) is 17.2. The first-order valence-electron chi connectivity index (χ1n) is 8.14. The second kappa shape index (κ2) is 6.60. The van der Waals surface area contributed by atoms with E-state index in [2.05, 4.69) is 38.7 Å². The summed E-state index contributed by atoms with van der Waals surface area (Å²) in [5.41, 5.74) is 4.55. The fourth-order valence-corrected chi connectivity index (χ4v) is 3.70. The highest BCUT2D eigenvalue weighted by molar-refractivity contribution is 7.14. The SMILES string of the molecule is O=C(Nc1nc(-c2ccc3c(c2)CCCC3)cs1)c1ccc(=O)[nH]n1. The van der Waals surface area contributed by atoms with Crippen LogP contribution in [0.15, 0.2) is 40.5 Å². The first-order chi connectivity index (χ1) is 12.2. The Morgan fingerprint density at radius 2 is 1.96 bits per heavy atom. The highest BCUT2D eigenvalue weighted by Gasteiger charge is 2.14. The standard InChI is InChI=1S/C18H16N4O2S/c23-16-8-7-14(21-22-16)17(24)20-18-19-15(10-25-18)13-6-5-11-3-1-2-4-12(11)9-13/h5-10H,1-4H2,(H,22,23)(H,19,20,24). The van der Waals surface area contributed by atoms with Gasteiger partial charge >= 0.3 is 0 Å². The van der Waals surface area contributed by atoms with E-state index in [0.29, 0.717) is 5.13 Å². The van der Waals surface area contributed by atoms with Gasteiger partial charge in [0.1, 0.15) is 5.69 Å². The van der Waals surface area contributed by atoms with E-state index in [-0.39, 0.29) is 11.3 Å². The molecule has 1 amide bonds. The molecule has 6 nitrogen and oxygen atoms in total. The molecule has 0 saturated heterocycles. The number of carbonyl (C=O) groups is 1. The van der Waals surface area contributed by atoms with Crippen molar-refractivity contribution in [3.63, 3.8) is 0 Å². The number of hydrogen-bond acceptors (Lipinski definition) is 5. The quantitative estimate of drug-likeness (QED) is 0.758. The summed E-state index contributed by atoms with van der Waals surface area (Å²) in [6, 6.07) is 9.13. The highest BCUT2D eigenvalue weighted by Crippen LogP contribution is 2.29. The van der Waals surface area contributed by atoms with E-state index in [1.54, 1.807) is 0 Å². The van der Waals surface area contributed by atoms with Crippen LogP contribution in [0.3, 0.4) is 0 Å². The lowest BCUT2D eigenvalue weighted by Gasteiger charge is -2.16. The second-order valence-electron chi connectivity index (χ2n) is 5.99. The number of nitrogens with one attached hydrogen (secondary N) is 2. The van der Waals surface area contributed by atoms with Crippen LogP contribution < -0.4 is 10.9 Å². The number of thiazole rings is 1. The molecule has 1 aliphatic rings. The molecule has 0 aliphatic heterocycles. The normalized spacial score (nSPS) is 13.3. The lowest BCUT2D eigenvalue weighted by molar-refractivity contribution is 0.102. The predicted molar refractivity (Wildman–Crippen MR) is 97.0 cm³/mol. The van der Waals surface area contributed by atoms with Crippen molar-refractivity contribution in [1.29, 1.82) is 0 Å². The molecule has 2 N–H and O–H groups in total. The molecule has 0 bridgehead atoms. The van der Waals surface area contributed by atoms with Crippen molar-refractivity contribution < 1.29 is 4.79 Å². The van der Waals surface area contributed by atoms with Gasteiger partial charge in [-0.3, -0.25) is 14.9 Å². The zero-order valence-corrected chi connectivity index (χ0v) is 14.2. The molecule has 25 heavy (non-hydrogen) atoms. The van der Waals surface area contributed by atoms with Crippen LogP contribution in [0, 0.1) is 0 Å². The summed E-state index contributed by atoms with van der Waals surface area (Å²) in [6.45, 7) is 0. The Bertz CT molecular complexity index is 972. The molecule has 4 rings (SSSR count). The van der Waals surface area contributed by atoms with Gasteiger partial charge in [-0.05, 0) is 48.9 Å². The van der Waals surface area contributed by atoms with E-state index < -0.39 is 5.91 Å². The lowest BCUT2D eigenvalue weighted by Crippen LogP contribution is -2.17. The Labute approximate surface area is 148 Å². The summed E-state index contributed by atoms with van der Waals surface area (Å²) in [6.07, 6.45) is 4.77. The highest BCUT2D eigenvalue weighted by atomic mass is 32.1. The van der Waals surface area contributed by atoms with E-state index in [1.807, 2.05) is 5.38 Å². The largest absolute Gasteiger partial charge is 0.296 e. The van der Waals surface area contributed by atoms with E-state index in [9.17, 15) is 9.59 Å². The monoisotopic (exact) mass is 352 g/mol. The number of carbonyl (C=O) groups excluding carboxylic acids is 1. The minimum absolute atomic E-state index is 0.144. The van der Waals surface area contributed by atoms with Crippen molar-refractivity contribution in [3.05, 3.63) is 62.9 Å². The number of fused-ring (bicyclic) bond motifs is 1. The van der Waals surface area contributed by atoms with Crippen LogP contribution in [0.25, 0.3) is 11.3 Å². The van der Waals surface area contributed by atoms with Crippen molar-refractivity contribution in [2.45, 2.75) is 25.7 Å². The molecule has 0 unspecified atom stereocenters. The third kappa shape index (κ3) is 3.36. The van der Waals surface area contributed by atoms with Gasteiger partial charge in [0.25, 0.3) is 11.5 Å². The molecule has 126 valence electrons. The number of aromatic nitrogens is 3. The Kier molecular flexibility index (Phi) is 4.15. The minimum Gasteiger partial charge on any atom is -0.296 e. The minimum atomic E-state index is -0.400. The number of amides is 1. The van der Waals surface area contributed by atoms with Crippen LogP contribution in [0.4, 0.5) is 5.13 Å². The average Bonchev–Trinajstić information content (AvgIpc) is 3.10. The van der Waals surface area contributed by atoms with E-state index in [0.717, 1.165) is 24.1 Å². The maximum absolute atomic E-state index is 12.1. The number of anilines is 1. The molecule has 3 aromatic rings. The third-order valence-electron chi connectivity index (χ3n) is 4.28. The van der Waals surface area contributed by atoms with Crippen molar-refractivity contribution in [3.8, 4) is 11.3 Å². The van der Waals surface area contributed by atoms with Crippen LogP contribution in [0.1, 0.15) is 34.5 Å². The van der Waals surface area contributed by atoms with Crippen LogP contribution in [-0.2, 0) is 12.8 Å². The Morgan fingerprint density at radius 3 is 2.76 bits per heavy atom. The van der Waals surface area contributed by atoms with Crippen LogP contribution in [0.5, 0.6) is 0 Å². The van der Waals surface area contributed by atoms with E-state index in [1.165, 1.54) is 47.4 Å². The molecule has 1 aliphatic carbocycles. The molecule has 0 radical (unpaired) electrons. The lowest BCUT2D eigenvalue weighted by atomic mass is 9.90. The van der Waals surface area contributed by atoms with Gasteiger partial charge in [0, 0.05) is 17.0 Å². The summed E-state index contributed by atoms with van der Waals surface area (Å²) in [5, 5.41) is 11.1. The molecule has 2 aromatic heterocycles. The van der Waals surface area contributed by atoms with Gasteiger partial charge in [-0.15, -0.1) is 11.3 Å². The van der Waals surface area contributed by atoms with Gasteiger partial charge in [0.2, 0.25) is 0 Å². The van der Waals surface area contributed by atoms with Gasteiger partial charge in [0.15, 0.2) is 5.13 Å². The summed E-state index contributed by atoms with van der Waals surface area (Å²) in [4.78, 5) is 27.6. The van der Waals surface area contributed by atoms with Crippen molar-refractivity contribution in [2.24, 2.45) is 0 Å². The first kappa shape index (κ1) is 15.7. The summed E-state index contributed by atoms with van der Waals surface area (Å²) in [5.74, 6) is -0.400. The molecule has 0 spiro atoms. The molecular weight excluding hydrogens is 336 g/mol. The summed E-state index contributed by atoms with van der Waals surface area (Å²) in [7, 11) is 0. The molecule has 0 fully saturated rings. The molecule has 2 heterocycles. The summed E-state index contributed by atoms with van der Waals surface area (Å²) >= 11 is 1.37. The molecule has 7 heteroatoms. The van der Waals surface area contributed by atoms with Crippen LogP contribution in [-0.4, -0.2) is 21.1 Å². The molecule has 0 saturated carbocycles. The number of hydrogen-bond donors (Lipinski definition) is 2. The average molecular weight is 352 g/mol. The van der Waals surface area contributed by atoms with Crippen molar-refractivity contribution in [1.82, 2.24) is 15.2 Å². The van der Waals surface area contributed by atoms with E-state index in [4.69, 9.17) is 0 Å². The molecular formula is C18H16N4O2S. The summed E-state index contributed by atoms with van der Waals surface area (Å²) < 4.78 is 0. The first-order valence-corrected chi connectivity index (χ1v) is 9.02. The number of aryl methyl sites for hydroxylation is 2.